The third-order valence-corrected chi connectivity index (χ3v) is 2.40. The molecule has 0 fully saturated rings. The first-order valence-electron chi connectivity index (χ1n) is 4.31. The number of benzene rings is 1. The number of halogens is 2. The molecule has 0 saturated heterocycles. The minimum Gasteiger partial charge on any atom is -0.478 e. The second-order valence-electron chi connectivity index (χ2n) is 3.07. The van der Waals surface area contributed by atoms with E-state index in [1.54, 1.807) is 6.20 Å². The summed E-state index contributed by atoms with van der Waals surface area (Å²) in [4.78, 5) is 10.9. The minimum absolute atomic E-state index is 0.129. The number of aromatic carboxylic acids is 1. The number of carbonyl (C=O) groups is 1. The third-order valence-electron chi connectivity index (χ3n) is 1.99. The Morgan fingerprint density at radius 3 is 2.81 bits per heavy atom. The minimum atomic E-state index is -1.19. The number of hydrogen-bond acceptors (Lipinski definition) is 2. The molecule has 1 N–H and O–H groups in total. The molecule has 0 aliphatic heterocycles. The molecule has 1 aromatic carbocycles. The van der Waals surface area contributed by atoms with Gasteiger partial charge in [0.15, 0.2) is 0 Å². The molecule has 82 valence electrons. The monoisotopic (exact) mass is 284 g/mol. The Hall–Kier alpha value is -1.69. The van der Waals surface area contributed by atoms with Gasteiger partial charge >= 0.3 is 5.97 Å². The van der Waals surface area contributed by atoms with Gasteiger partial charge in [0.1, 0.15) is 5.82 Å². The van der Waals surface area contributed by atoms with Crippen LogP contribution in [0.15, 0.2) is 35.1 Å². The first-order valence-corrected chi connectivity index (χ1v) is 5.10. The molecule has 0 unspecified atom stereocenters. The Morgan fingerprint density at radius 1 is 1.50 bits per heavy atom. The summed E-state index contributed by atoms with van der Waals surface area (Å²) < 4.78 is 15.0. The molecular formula is C10H6BrFN2O2. The molecule has 0 atom stereocenters. The van der Waals surface area contributed by atoms with E-state index in [9.17, 15) is 9.18 Å². The van der Waals surface area contributed by atoms with Crippen molar-refractivity contribution in [1.82, 2.24) is 9.78 Å². The molecule has 0 amide bonds. The van der Waals surface area contributed by atoms with Gasteiger partial charge in [0.25, 0.3) is 0 Å². The molecule has 0 saturated carbocycles. The van der Waals surface area contributed by atoms with Crippen molar-refractivity contribution in [2.75, 3.05) is 0 Å². The van der Waals surface area contributed by atoms with Crippen LogP contribution in [-0.2, 0) is 0 Å². The van der Waals surface area contributed by atoms with E-state index in [0.717, 1.165) is 6.07 Å². The van der Waals surface area contributed by atoms with E-state index < -0.39 is 11.8 Å². The summed E-state index contributed by atoms with van der Waals surface area (Å²) >= 11 is 3.20. The first kappa shape index (κ1) is 10.8. The van der Waals surface area contributed by atoms with Gasteiger partial charge in [0.2, 0.25) is 0 Å². The van der Waals surface area contributed by atoms with Crippen LogP contribution in [0.4, 0.5) is 4.39 Å². The van der Waals surface area contributed by atoms with E-state index in [0.29, 0.717) is 10.2 Å². The van der Waals surface area contributed by atoms with E-state index in [2.05, 4.69) is 21.0 Å². The van der Waals surface area contributed by atoms with Crippen molar-refractivity contribution in [2.45, 2.75) is 0 Å². The third kappa shape index (κ3) is 1.96. The van der Waals surface area contributed by atoms with Crippen LogP contribution in [0.5, 0.6) is 0 Å². The zero-order valence-corrected chi connectivity index (χ0v) is 9.48. The van der Waals surface area contributed by atoms with Gasteiger partial charge < -0.3 is 5.11 Å². The summed E-state index contributed by atoms with van der Waals surface area (Å²) in [5.41, 5.74) is 0.190. The molecule has 2 aromatic rings. The Balaban J connectivity index is 2.60. The van der Waals surface area contributed by atoms with Crippen LogP contribution in [0.1, 0.15) is 10.4 Å². The van der Waals surface area contributed by atoms with Crippen molar-refractivity contribution >= 4 is 21.9 Å². The molecule has 2 rings (SSSR count). The van der Waals surface area contributed by atoms with Crippen LogP contribution in [-0.4, -0.2) is 20.9 Å². The quantitative estimate of drug-likeness (QED) is 0.922. The van der Waals surface area contributed by atoms with E-state index in [1.807, 2.05) is 0 Å². The van der Waals surface area contributed by atoms with E-state index in [1.165, 1.54) is 23.0 Å². The van der Waals surface area contributed by atoms with Crippen molar-refractivity contribution in [1.29, 1.82) is 0 Å². The summed E-state index contributed by atoms with van der Waals surface area (Å²) in [7, 11) is 0. The zero-order valence-electron chi connectivity index (χ0n) is 7.89. The number of aromatic nitrogens is 2. The van der Waals surface area contributed by atoms with Gasteiger partial charge in [-0.3, -0.25) is 0 Å². The molecule has 16 heavy (non-hydrogen) atoms. The molecule has 6 heteroatoms. The van der Waals surface area contributed by atoms with E-state index in [-0.39, 0.29) is 5.56 Å². The lowest BCUT2D eigenvalue weighted by Crippen LogP contribution is -2.06. The fraction of sp³-hybridized carbons (Fsp3) is 0. The maximum Gasteiger partial charge on any atom is 0.338 e. The highest BCUT2D eigenvalue weighted by Gasteiger charge is 2.13. The molecule has 0 radical (unpaired) electrons. The largest absolute Gasteiger partial charge is 0.478 e. The maximum atomic E-state index is 12.9. The average Bonchev–Trinajstić information content (AvgIpc) is 2.64. The van der Waals surface area contributed by atoms with Gasteiger partial charge in [-0.05, 0) is 34.1 Å². The number of nitrogens with zero attached hydrogens (tertiary/aromatic N) is 2. The molecule has 0 spiro atoms. The molecule has 1 heterocycles. The van der Waals surface area contributed by atoms with Crippen LogP contribution >= 0.6 is 15.9 Å². The lowest BCUT2D eigenvalue weighted by molar-refractivity contribution is 0.0696. The Bertz CT molecular complexity index is 554. The number of carboxylic acids is 1. The zero-order chi connectivity index (χ0) is 11.7. The summed E-state index contributed by atoms with van der Waals surface area (Å²) in [5, 5.41) is 12.9. The molecular weight excluding hydrogens is 279 g/mol. The van der Waals surface area contributed by atoms with Gasteiger partial charge in [0.05, 0.1) is 21.9 Å². The topological polar surface area (TPSA) is 55.1 Å². The highest BCUT2D eigenvalue weighted by Crippen LogP contribution is 2.18. The maximum absolute atomic E-state index is 12.9. The fourth-order valence-corrected chi connectivity index (χ4v) is 1.60. The number of hydrogen-bond donors (Lipinski definition) is 1. The predicted octanol–water partition coefficient (Wildman–Crippen LogP) is 2.47. The normalized spacial score (nSPS) is 10.4. The van der Waals surface area contributed by atoms with Crippen LogP contribution in [0.2, 0.25) is 0 Å². The summed E-state index contributed by atoms with van der Waals surface area (Å²) in [5.74, 6) is -1.78. The first-order chi connectivity index (χ1) is 7.58. The molecule has 4 nitrogen and oxygen atoms in total. The molecule has 0 aliphatic carbocycles. The average molecular weight is 285 g/mol. The predicted molar refractivity (Wildman–Crippen MR) is 58.2 cm³/mol. The highest BCUT2D eigenvalue weighted by molar-refractivity contribution is 9.10. The smallest absolute Gasteiger partial charge is 0.338 e. The van der Waals surface area contributed by atoms with Gasteiger partial charge in [-0.2, -0.15) is 5.10 Å². The van der Waals surface area contributed by atoms with Crippen LogP contribution in [0, 0.1) is 5.82 Å². The van der Waals surface area contributed by atoms with Crippen LogP contribution in [0.3, 0.4) is 0 Å². The SMILES string of the molecule is O=C(O)c1cc(F)ccc1-n1cc(Br)cn1. The number of carboxylic acid groups (broad SMARTS) is 1. The van der Waals surface area contributed by atoms with Crippen molar-refractivity contribution in [2.24, 2.45) is 0 Å². The van der Waals surface area contributed by atoms with Gasteiger partial charge in [0, 0.05) is 6.20 Å². The summed E-state index contributed by atoms with van der Waals surface area (Å²) in [6.45, 7) is 0. The van der Waals surface area contributed by atoms with Crippen LogP contribution in [0.25, 0.3) is 5.69 Å². The number of rotatable bonds is 2. The Morgan fingerprint density at radius 2 is 2.25 bits per heavy atom. The lowest BCUT2D eigenvalue weighted by atomic mass is 10.2. The van der Waals surface area contributed by atoms with Gasteiger partial charge in [-0.1, -0.05) is 0 Å². The summed E-state index contributed by atoms with van der Waals surface area (Å²) in [6.07, 6.45) is 3.12. The van der Waals surface area contributed by atoms with Gasteiger partial charge in [-0.25, -0.2) is 13.9 Å². The fourth-order valence-electron chi connectivity index (χ4n) is 1.31. The van der Waals surface area contributed by atoms with Crippen molar-refractivity contribution in [3.8, 4) is 5.69 Å². The Kier molecular flexibility index (Phi) is 2.74. The van der Waals surface area contributed by atoms with Crippen molar-refractivity contribution < 1.29 is 14.3 Å². The second kappa shape index (κ2) is 4.05. The van der Waals surface area contributed by atoms with E-state index >= 15 is 0 Å². The lowest BCUT2D eigenvalue weighted by Gasteiger charge is -2.05. The van der Waals surface area contributed by atoms with E-state index in [4.69, 9.17) is 5.11 Å². The summed E-state index contributed by atoms with van der Waals surface area (Å²) in [6, 6.07) is 3.53. The van der Waals surface area contributed by atoms with Gasteiger partial charge in [-0.15, -0.1) is 0 Å². The molecule has 1 aromatic heterocycles. The van der Waals surface area contributed by atoms with Crippen LogP contribution < -0.4 is 0 Å². The Labute approximate surface area is 98.4 Å². The second-order valence-corrected chi connectivity index (χ2v) is 3.99. The molecule has 0 bridgehead atoms. The van der Waals surface area contributed by atoms with Crippen molar-refractivity contribution in [3.63, 3.8) is 0 Å². The van der Waals surface area contributed by atoms with Crippen molar-refractivity contribution in [3.05, 3.63) is 46.4 Å². The standard InChI is InChI=1S/C10H6BrFN2O2/c11-6-4-13-14(5-6)9-2-1-7(12)3-8(9)10(15)16/h1-5H,(H,15,16). The highest BCUT2D eigenvalue weighted by atomic mass is 79.9. The molecule has 0 aliphatic rings.